The highest BCUT2D eigenvalue weighted by molar-refractivity contribution is 7.00. The van der Waals surface area contributed by atoms with E-state index in [2.05, 4.69) is 122 Å². The molecule has 8 atom stereocenters. The predicted octanol–water partition coefficient (Wildman–Crippen LogP) is 11.0. The van der Waals surface area contributed by atoms with Crippen molar-refractivity contribution in [2.24, 2.45) is 23.7 Å². The lowest BCUT2D eigenvalue weighted by atomic mass is 9.33. The number of benzene rings is 3. The molecule has 11 rings (SSSR count). The summed E-state index contributed by atoms with van der Waals surface area (Å²) in [6, 6.07) is 18.2. The summed E-state index contributed by atoms with van der Waals surface area (Å²) in [6.07, 6.45) is 16.6. The fraction of sp³-hybridized carbons (Fsp3) is 0.640. The van der Waals surface area contributed by atoms with E-state index in [1.54, 1.807) is 61.4 Å². The molecule has 3 aromatic carbocycles. The normalized spacial score (nSPS) is 37.3. The van der Waals surface area contributed by atoms with E-state index >= 15 is 0 Å². The van der Waals surface area contributed by atoms with Crippen LogP contribution in [-0.4, -0.2) is 17.8 Å². The molecule has 0 aromatic heterocycles. The summed E-state index contributed by atoms with van der Waals surface area (Å²) in [5, 5.41) is 0. The Morgan fingerprint density at radius 1 is 0.547 bits per heavy atom. The van der Waals surface area contributed by atoms with Crippen molar-refractivity contribution in [3.63, 3.8) is 0 Å². The van der Waals surface area contributed by atoms with Crippen LogP contribution in [0.3, 0.4) is 0 Å². The number of nitrogens with zero attached hydrogens (tertiary/aromatic N) is 2. The molecule has 278 valence electrons. The minimum atomic E-state index is 0.0547. The van der Waals surface area contributed by atoms with Crippen LogP contribution >= 0.6 is 0 Å². The van der Waals surface area contributed by atoms with Gasteiger partial charge in [-0.25, -0.2) is 0 Å². The molecule has 0 radical (unpaired) electrons. The van der Waals surface area contributed by atoms with Gasteiger partial charge >= 0.3 is 0 Å². The second-order valence-electron chi connectivity index (χ2n) is 22.5. The zero-order valence-corrected chi connectivity index (χ0v) is 34.8. The molecule has 0 N–H and O–H groups in total. The highest BCUT2D eigenvalue weighted by Gasteiger charge is 2.70. The molecule has 0 spiro atoms. The molecule has 4 fully saturated rings. The molecule has 4 aliphatic carbocycles. The summed E-state index contributed by atoms with van der Waals surface area (Å²) in [6.45, 7) is 26.1. The van der Waals surface area contributed by atoms with Crippen molar-refractivity contribution in [2.45, 2.75) is 179 Å². The van der Waals surface area contributed by atoms with Gasteiger partial charge in [-0.1, -0.05) is 124 Å². The first-order valence-corrected chi connectivity index (χ1v) is 22.2. The predicted molar refractivity (Wildman–Crippen MR) is 227 cm³/mol. The van der Waals surface area contributed by atoms with E-state index in [1.807, 2.05) is 0 Å². The van der Waals surface area contributed by atoms with Crippen molar-refractivity contribution in [1.82, 2.24) is 0 Å². The summed E-state index contributed by atoms with van der Waals surface area (Å²) in [5.74, 6) is 3.14. The fourth-order valence-corrected chi connectivity index (χ4v) is 15.9. The molecule has 3 heteroatoms. The Labute approximate surface area is 322 Å². The minimum absolute atomic E-state index is 0.0547. The largest absolute Gasteiger partial charge is 0.335 e. The van der Waals surface area contributed by atoms with Crippen LogP contribution in [0.25, 0.3) is 0 Å². The van der Waals surface area contributed by atoms with Gasteiger partial charge in [-0.15, -0.1) is 0 Å². The minimum Gasteiger partial charge on any atom is -0.335 e. The molecule has 0 saturated heterocycles. The van der Waals surface area contributed by atoms with Crippen molar-refractivity contribution in [3.8, 4) is 0 Å². The third-order valence-electron chi connectivity index (χ3n) is 18.5. The van der Waals surface area contributed by atoms with Gasteiger partial charge in [0.05, 0.1) is 11.1 Å². The lowest BCUT2D eigenvalue weighted by Crippen LogP contribution is -2.69. The second kappa shape index (κ2) is 10.2. The van der Waals surface area contributed by atoms with Gasteiger partial charge in [0.15, 0.2) is 0 Å². The Morgan fingerprint density at radius 2 is 0.962 bits per heavy atom. The van der Waals surface area contributed by atoms with E-state index in [9.17, 15) is 0 Å². The molecule has 2 nitrogen and oxygen atoms in total. The van der Waals surface area contributed by atoms with Crippen molar-refractivity contribution in [3.05, 3.63) is 64.7 Å². The van der Waals surface area contributed by atoms with Crippen molar-refractivity contribution >= 4 is 45.9 Å². The number of hydrogen-bond acceptors (Lipinski definition) is 2. The van der Waals surface area contributed by atoms with Gasteiger partial charge in [0.2, 0.25) is 0 Å². The van der Waals surface area contributed by atoms with Crippen molar-refractivity contribution < 1.29 is 0 Å². The molecule has 0 amide bonds. The average Bonchev–Trinajstić information content (AvgIpc) is 3.48. The first kappa shape index (κ1) is 33.6. The smallest absolute Gasteiger partial charge is 0.252 e. The number of fused-ring (bicyclic) bond motifs is 14. The van der Waals surface area contributed by atoms with E-state index in [4.69, 9.17) is 0 Å². The average molecular weight is 705 g/mol. The summed E-state index contributed by atoms with van der Waals surface area (Å²) in [5.41, 5.74) is 18.3. The van der Waals surface area contributed by atoms with Crippen molar-refractivity contribution in [2.75, 3.05) is 9.80 Å². The van der Waals surface area contributed by atoms with Crippen molar-refractivity contribution in [1.29, 1.82) is 0 Å². The SMILES string of the molecule is CC(C)(C)c1ccc2c3c1C1(C)CCC4CCCCC4C1(C)N3c1cccc3c1B2c1ccc(C(C)(C)C)c2c1N3C1(C)C3CCCCC3CCC21C. The maximum Gasteiger partial charge on any atom is 0.252 e. The lowest BCUT2D eigenvalue weighted by Gasteiger charge is -2.61. The molecular formula is C50H65BN2. The van der Waals surface area contributed by atoms with E-state index in [0.29, 0.717) is 0 Å². The van der Waals surface area contributed by atoms with Crippen LogP contribution in [0.5, 0.6) is 0 Å². The van der Waals surface area contributed by atoms with Gasteiger partial charge in [-0.3, -0.25) is 0 Å². The van der Waals surface area contributed by atoms with Crippen LogP contribution < -0.4 is 26.2 Å². The van der Waals surface area contributed by atoms with Gasteiger partial charge in [-0.05, 0) is 138 Å². The first-order chi connectivity index (χ1) is 25.1. The maximum atomic E-state index is 3.06. The zero-order valence-electron chi connectivity index (χ0n) is 34.8. The van der Waals surface area contributed by atoms with E-state index < -0.39 is 0 Å². The quantitative estimate of drug-likeness (QED) is 0.215. The first-order valence-electron chi connectivity index (χ1n) is 22.2. The Kier molecular flexibility index (Phi) is 6.47. The van der Waals surface area contributed by atoms with Gasteiger partial charge in [-0.2, -0.15) is 0 Å². The van der Waals surface area contributed by atoms with Gasteiger partial charge in [0.25, 0.3) is 6.71 Å². The molecule has 53 heavy (non-hydrogen) atoms. The molecular weight excluding hydrogens is 639 g/mol. The van der Waals surface area contributed by atoms with E-state index in [1.165, 1.54) is 77.0 Å². The number of anilines is 4. The molecule has 4 aliphatic heterocycles. The molecule has 8 aliphatic rings. The van der Waals surface area contributed by atoms with Gasteiger partial charge < -0.3 is 9.80 Å². The summed E-state index contributed by atoms with van der Waals surface area (Å²) in [4.78, 5) is 6.11. The standard InChI is InChI=1S/C50H65BN2/c1-45(2,3)34-22-24-36-43-40(34)47(7)28-26-30-16-11-13-18-32(30)49(47,9)52(43)38-20-15-21-39-42(38)51(36)37-25-23-35(46(4,5)6)41-44(37)53(39)50(10)33-19-14-12-17-31(33)27-29-48(41,50)8/h15,20-25,30-33H,11-14,16-19,26-29H2,1-10H3. The molecule has 8 unspecified atom stereocenters. The van der Waals surface area contributed by atoms with Crippen LogP contribution in [-0.2, 0) is 21.7 Å². The topological polar surface area (TPSA) is 6.48 Å². The van der Waals surface area contributed by atoms with E-state index in [-0.39, 0.29) is 39.5 Å². The molecule has 3 aromatic rings. The lowest BCUT2D eigenvalue weighted by molar-refractivity contribution is 0.0329. The number of hydrogen-bond donors (Lipinski definition) is 0. The zero-order chi connectivity index (χ0) is 36.8. The monoisotopic (exact) mass is 705 g/mol. The second-order valence-corrected chi connectivity index (χ2v) is 22.5. The van der Waals surface area contributed by atoms with E-state index in [0.717, 1.165) is 23.7 Å². The summed E-state index contributed by atoms with van der Waals surface area (Å²) in [7, 11) is 0. The molecule has 0 bridgehead atoms. The summed E-state index contributed by atoms with van der Waals surface area (Å²) >= 11 is 0. The van der Waals surface area contributed by atoms with Gasteiger partial charge in [0, 0.05) is 33.6 Å². The van der Waals surface area contributed by atoms with Crippen LogP contribution in [0.4, 0.5) is 22.7 Å². The Bertz CT molecular complexity index is 1960. The van der Waals surface area contributed by atoms with Crippen LogP contribution in [0.2, 0.25) is 0 Å². The number of rotatable bonds is 0. The van der Waals surface area contributed by atoms with Crippen LogP contribution in [0.1, 0.15) is 169 Å². The highest BCUT2D eigenvalue weighted by Crippen LogP contribution is 2.70. The highest BCUT2D eigenvalue weighted by atomic mass is 15.3. The van der Waals surface area contributed by atoms with Crippen LogP contribution in [0, 0.1) is 23.7 Å². The fourth-order valence-electron chi connectivity index (χ4n) is 15.9. The molecule has 4 heterocycles. The third-order valence-corrected chi connectivity index (χ3v) is 18.5. The van der Waals surface area contributed by atoms with Gasteiger partial charge in [0.1, 0.15) is 0 Å². The van der Waals surface area contributed by atoms with Crippen LogP contribution in [0.15, 0.2) is 42.5 Å². The summed E-state index contributed by atoms with van der Waals surface area (Å²) < 4.78 is 0. The Morgan fingerprint density at radius 3 is 1.38 bits per heavy atom. The Hall–Kier alpha value is -2.68. The molecule has 4 saturated carbocycles. The maximum absolute atomic E-state index is 3.06. The third kappa shape index (κ3) is 3.68. The Balaban J connectivity index is 1.26.